The Balaban J connectivity index is 1.52. The van der Waals surface area contributed by atoms with Gasteiger partial charge in [-0.15, -0.1) is 10.2 Å². The van der Waals surface area contributed by atoms with Crippen molar-refractivity contribution in [1.29, 1.82) is 0 Å². The van der Waals surface area contributed by atoms with E-state index in [0.717, 1.165) is 23.1 Å². The smallest absolute Gasteiger partial charge is 0.191 e. The quantitative estimate of drug-likeness (QED) is 0.566. The van der Waals surface area contributed by atoms with E-state index < -0.39 is 6.10 Å². The second kappa shape index (κ2) is 9.64. The molecule has 0 amide bonds. The first kappa shape index (κ1) is 19.5. The van der Waals surface area contributed by atoms with Crippen LogP contribution in [-0.4, -0.2) is 38.3 Å². The molecule has 1 aromatic heterocycles. The highest BCUT2D eigenvalue weighted by Crippen LogP contribution is 2.24. The van der Waals surface area contributed by atoms with Crippen molar-refractivity contribution in [2.75, 3.05) is 12.4 Å². The van der Waals surface area contributed by atoms with Crippen molar-refractivity contribution in [2.24, 2.45) is 0 Å². The lowest BCUT2D eigenvalue weighted by Gasteiger charge is -2.12. The van der Waals surface area contributed by atoms with Crippen LogP contribution in [0.15, 0.2) is 59.8 Å². The normalized spacial score (nSPS) is 12.3. The van der Waals surface area contributed by atoms with E-state index in [1.54, 1.807) is 18.2 Å². The molecule has 2 aromatic carbocycles. The predicted molar refractivity (Wildman–Crippen MR) is 104 cm³/mol. The van der Waals surface area contributed by atoms with Crippen LogP contribution in [-0.2, 0) is 17.9 Å². The molecule has 0 bridgehead atoms. The molecule has 27 heavy (non-hydrogen) atoms. The van der Waals surface area contributed by atoms with Crippen molar-refractivity contribution in [3.63, 3.8) is 0 Å². The van der Waals surface area contributed by atoms with Crippen molar-refractivity contribution in [2.45, 2.75) is 31.3 Å². The molecule has 0 aliphatic rings. The SMILES string of the molecule is CCn1c(SC[C@@H](O)COCc2ccccc2F)nnc1-c1ccccc1. The summed E-state index contributed by atoms with van der Waals surface area (Å²) in [4.78, 5) is 0. The van der Waals surface area contributed by atoms with Crippen LogP contribution < -0.4 is 0 Å². The van der Waals surface area contributed by atoms with E-state index in [-0.39, 0.29) is 19.0 Å². The molecule has 1 heterocycles. The lowest BCUT2D eigenvalue weighted by molar-refractivity contribution is 0.0386. The third-order valence-corrected chi connectivity index (χ3v) is 5.11. The number of aromatic nitrogens is 3. The van der Waals surface area contributed by atoms with Crippen LogP contribution in [0.3, 0.4) is 0 Å². The first-order valence-corrected chi connectivity index (χ1v) is 9.78. The summed E-state index contributed by atoms with van der Waals surface area (Å²) in [6.07, 6.45) is -0.677. The average Bonchev–Trinajstić information content (AvgIpc) is 3.11. The van der Waals surface area contributed by atoms with Crippen molar-refractivity contribution in [3.8, 4) is 11.4 Å². The number of aliphatic hydroxyl groups excluding tert-OH is 1. The van der Waals surface area contributed by atoms with Crippen molar-refractivity contribution in [3.05, 3.63) is 66.0 Å². The van der Waals surface area contributed by atoms with Crippen LogP contribution in [0.1, 0.15) is 12.5 Å². The minimum atomic E-state index is -0.677. The van der Waals surface area contributed by atoms with E-state index in [0.29, 0.717) is 11.3 Å². The number of rotatable bonds is 9. The van der Waals surface area contributed by atoms with E-state index in [2.05, 4.69) is 10.2 Å². The van der Waals surface area contributed by atoms with Gasteiger partial charge in [0.2, 0.25) is 0 Å². The van der Waals surface area contributed by atoms with Crippen molar-refractivity contribution >= 4 is 11.8 Å². The molecule has 0 fully saturated rings. The van der Waals surface area contributed by atoms with Crippen LogP contribution in [0.4, 0.5) is 4.39 Å². The summed E-state index contributed by atoms with van der Waals surface area (Å²) in [5.74, 6) is 0.932. The molecule has 3 aromatic rings. The molecule has 0 radical (unpaired) electrons. The topological polar surface area (TPSA) is 60.2 Å². The van der Waals surface area contributed by atoms with Gasteiger partial charge in [-0.1, -0.05) is 60.3 Å². The largest absolute Gasteiger partial charge is 0.390 e. The number of aliphatic hydroxyl groups is 1. The molecule has 0 saturated carbocycles. The number of thioether (sulfide) groups is 1. The molecule has 5 nitrogen and oxygen atoms in total. The minimum Gasteiger partial charge on any atom is -0.390 e. The number of hydrogen-bond acceptors (Lipinski definition) is 5. The molecule has 0 unspecified atom stereocenters. The summed E-state index contributed by atoms with van der Waals surface area (Å²) < 4.78 is 21.0. The Morgan fingerprint density at radius 3 is 2.59 bits per heavy atom. The fourth-order valence-corrected chi connectivity index (χ4v) is 3.53. The zero-order valence-corrected chi connectivity index (χ0v) is 15.9. The molecule has 142 valence electrons. The van der Waals surface area contributed by atoms with Gasteiger partial charge in [0.15, 0.2) is 11.0 Å². The van der Waals surface area contributed by atoms with Crippen molar-refractivity contribution < 1.29 is 14.2 Å². The van der Waals surface area contributed by atoms with Gasteiger partial charge < -0.3 is 14.4 Å². The zero-order chi connectivity index (χ0) is 19.1. The van der Waals surface area contributed by atoms with E-state index >= 15 is 0 Å². The van der Waals surface area contributed by atoms with Crippen LogP contribution >= 0.6 is 11.8 Å². The molecule has 0 aliphatic heterocycles. The molecular formula is C20H22FN3O2S. The summed E-state index contributed by atoms with van der Waals surface area (Å²) in [6, 6.07) is 16.3. The number of halogens is 1. The Hall–Kier alpha value is -2.22. The Labute approximate surface area is 162 Å². The number of hydrogen-bond donors (Lipinski definition) is 1. The van der Waals surface area contributed by atoms with E-state index in [9.17, 15) is 9.50 Å². The fourth-order valence-electron chi connectivity index (χ4n) is 2.62. The van der Waals surface area contributed by atoms with Gasteiger partial charge in [0.25, 0.3) is 0 Å². The van der Waals surface area contributed by atoms with Gasteiger partial charge in [0.05, 0.1) is 19.3 Å². The summed E-state index contributed by atoms with van der Waals surface area (Å²) in [5, 5.41) is 19.4. The summed E-state index contributed by atoms with van der Waals surface area (Å²) in [7, 11) is 0. The second-order valence-corrected chi connectivity index (χ2v) is 6.97. The number of nitrogens with zero attached hydrogens (tertiary/aromatic N) is 3. The monoisotopic (exact) mass is 387 g/mol. The second-order valence-electron chi connectivity index (χ2n) is 5.99. The molecule has 0 spiro atoms. The standard InChI is InChI=1S/C20H22FN3O2S/c1-2-24-19(15-8-4-3-5-9-15)22-23-20(24)27-14-17(25)13-26-12-16-10-6-7-11-18(16)21/h3-11,17,25H,2,12-14H2,1H3/t17-/m0/s1. The maximum atomic E-state index is 13.5. The maximum absolute atomic E-state index is 13.5. The van der Waals surface area contributed by atoms with E-state index in [1.807, 2.05) is 41.8 Å². The summed E-state index contributed by atoms with van der Waals surface area (Å²) >= 11 is 1.43. The molecule has 3 rings (SSSR count). The third-order valence-electron chi connectivity index (χ3n) is 4.00. The van der Waals surface area contributed by atoms with Crippen LogP contribution in [0.2, 0.25) is 0 Å². The van der Waals surface area contributed by atoms with Gasteiger partial charge in [-0.05, 0) is 13.0 Å². The highest BCUT2D eigenvalue weighted by atomic mass is 32.2. The Kier molecular flexibility index (Phi) is 6.98. The van der Waals surface area contributed by atoms with E-state index in [1.165, 1.54) is 17.8 Å². The number of benzene rings is 2. The summed E-state index contributed by atoms with van der Waals surface area (Å²) in [6.45, 7) is 3.04. The molecule has 1 N–H and O–H groups in total. The Bertz CT molecular complexity index is 857. The van der Waals surface area contributed by atoms with Crippen LogP contribution in [0.5, 0.6) is 0 Å². The fraction of sp³-hybridized carbons (Fsp3) is 0.300. The van der Waals surface area contributed by atoms with Crippen molar-refractivity contribution in [1.82, 2.24) is 14.8 Å². The van der Waals surface area contributed by atoms with Gasteiger partial charge in [-0.3, -0.25) is 0 Å². The van der Waals surface area contributed by atoms with Gasteiger partial charge in [-0.25, -0.2) is 4.39 Å². The highest BCUT2D eigenvalue weighted by Gasteiger charge is 2.15. The summed E-state index contributed by atoms with van der Waals surface area (Å²) in [5.41, 5.74) is 1.49. The van der Waals surface area contributed by atoms with Gasteiger partial charge in [-0.2, -0.15) is 0 Å². The average molecular weight is 387 g/mol. The lowest BCUT2D eigenvalue weighted by Crippen LogP contribution is -2.18. The van der Waals surface area contributed by atoms with Crippen LogP contribution in [0.25, 0.3) is 11.4 Å². The first-order valence-electron chi connectivity index (χ1n) is 8.79. The molecule has 0 aliphatic carbocycles. The maximum Gasteiger partial charge on any atom is 0.191 e. The van der Waals surface area contributed by atoms with Gasteiger partial charge in [0.1, 0.15) is 5.82 Å². The number of ether oxygens (including phenoxy) is 1. The highest BCUT2D eigenvalue weighted by molar-refractivity contribution is 7.99. The van der Waals surface area contributed by atoms with Crippen LogP contribution in [0, 0.1) is 5.82 Å². The molecule has 0 saturated heterocycles. The molecule has 7 heteroatoms. The van der Waals surface area contributed by atoms with E-state index in [4.69, 9.17) is 4.74 Å². The molecular weight excluding hydrogens is 365 g/mol. The Morgan fingerprint density at radius 2 is 1.85 bits per heavy atom. The lowest BCUT2D eigenvalue weighted by atomic mass is 10.2. The first-order chi connectivity index (χ1) is 13.2. The Morgan fingerprint density at radius 1 is 1.11 bits per heavy atom. The third kappa shape index (κ3) is 5.15. The zero-order valence-electron chi connectivity index (χ0n) is 15.1. The van der Waals surface area contributed by atoms with Gasteiger partial charge in [0, 0.05) is 23.4 Å². The minimum absolute atomic E-state index is 0.132. The molecule has 1 atom stereocenters. The predicted octanol–water partition coefficient (Wildman–Crippen LogP) is 3.77. The van der Waals surface area contributed by atoms with Gasteiger partial charge >= 0.3 is 0 Å².